The number of anilines is 3. The van der Waals surface area contributed by atoms with E-state index < -0.39 is 10.0 Å². The number of hydrogen-bond acceptors (Lipinski definition) is 6. The Morgan fingerprint density at radius 1 is 1.29 bits per heavy atom. The van der Waals surface area contributed by atoms with Crippen molar-refractivity contribution >= 4 is 27.5 Å². The molecule has 0 aliphatic rings. The van der Waals surface area contributed by atoms with Crippen molar-refractivity contribution in [2.45, 2.75) is 11.8 Å². The number of sulfonamides is 1. The lowest BCUT2D eigenvalue weighted by atomic mass is 10.2. The number of aryl methyl sites for hydroxylation is 1. The molecule has 0 atom stereocenters. The van der Waals surface area contributed by atoms with Gasteiger partial charge in [-0.15, -0.1) is 0 Å². The second-order valence-corrected chi connectivity index (χ2v) is 6.35. The standard InChI is InChI=1S/C13H17N5O2S/c1-9-5-4-6-10(7-9)16-12-11(21(14,19)20)8-15-13(17-12)18(2)3/h4-8H,1-3H3,(H2,14,19,20)(H,15,16,17). The highest BCUT2D eigenvalue weighted by Crippen LogP contribution is 2.23. The third-order valence-electron chi connectivity index (χ3n) is 2.73. The molecule has 0 saturated carbocycles. The molecule has 1 aromatic heterocycles. The van der Waals surface area contributed by atoms with Gasteiger partial charge in [-0.2, -0.15) is 4.98 Å². The molecule has 0 amide bonds. The zero-order chi connectivity index (χ0) is 15.6. The van der Waals surface area contributed by atoms with Crippen LogP contribution in [-0.4, -0.2) is 32.5 Å². The molecule has 0 aliphatic heterocycles. The molecule has 112 valence electrons. The van der Waals surface area contributed by atoms with Crippen molar-refractivity contribution in [1.82, 2.24) is 9.97 Å². The molecule has 0 aliphatic carbocycles. The van der Waals surface area contributed by atoms with Crippen molar-refractivity contribution in [3.8, 4) is 0 Å². The third-order valence-corrected chi connectivity index (χ3v) is 3.64. The summed E-state index contributed by atoms with van der Waals surface area (Å²) in [7, 11) is -0.380. The largest absolute Gasteiger partial charge is 0.347 e. The molecule has 3 N–H and O–H groups in total. The van der Waals surface area contributed by atoms with Crippen LogP contribution < -0.4 is 15.4 Å². The van der Waals surface area contributed by atoms with Crippen molar-refractivity contribution in [2.24, 2.45) is 5.14 Å². The van der Waals surface area contributed by atoms with Gasteiger partial charge in [-0.1, -0.05) is 12.1 Å². The molecular weight excluding hydrogens is 290 g/mol. The highest BCUT2D eigenvalue weighted by atomic mass is 32.2. The molecule has 2 rings (SSSR count). The van der Waals surface area contributed by atoms with Gasteiger partial charge in [0.1, 0.15) is 4.90 Å². The zero-order valence-corrected chi connectivity index (χ0v) is 12.8. The Morgan fingerprint density at radius 2 is 2.00 bits per heavy atom. The summed E-state index contributed by atoms with van der Waals surface area (Å²) in [6.07, 6.45) is 1.20. The number of rotatable bonds is 4. The Labute approximate surface area is 123 Å². The predicted octanol–water partition coefficient (Wildman–Crippen LogP) is 1.24. The minimum absolute atomic E-state index is 0.144. The van der Waals surface area contributed by atoms with E-state index in [4.69, 9.17) is 5.14 Å². The zero-order valence-electron chi connectivity index (χ0n) is 12.0. The molecule has 0 fully saturated rings. The van der Waals surface area contributed by atoms with Crippen LogP contribution in [0.1, 0.15) is 5.56 Å². The van der Waals surface area contributed by atoms with Crippen molar-refractivity contribution in [1.29, 1.82) is 0 Å². The molecule has 2 aromatic rings. The number of nitrogens with one attached hydrogen (secondary N) is 1. The summed E-state index contributed by atoms with van der Waals surface area (Å²) in [4.78, 5) is 9.72. The van der Waals surface area contributed by atoms with Gasteiger partial charge < -0.3 is 10.2 Å². The van der Waals surface area contributed by atoms with Crippen LogP contribution in [0.3, 0.4) is 0 Å². The summed E-state index contributed by atoms with van der Waals surface area (Å²) >= 11 is 0. The van der Waals surface area contributed by atoms with E-state index in [0.29, 0.717) is 5.95 Å². The van der Waals surface area contributed by atoms with E-state index in [2.05, 4.69) is 15.3 Å². The van der Waals surface area contributed by atoms with E-state index >= 15 is 0 Å². The van der Waals surface area contributed by atoms with Gasteiger partial charge in [0.2, 0.25) is 16.0 Å². The highest BCUT2D eigenvalue weighted by Gasteiger charge is 2.18. The number of nitrogens with two attached hydrogens (primary N) is 1. The Bertz CT molecular complexity index is 759. The van der Waals surface area contributed by atoms with Crippen LogP contribution in [0, 0.1) is 6.92 Å². The maximum atomic E-state index is 11.6. The molecule has 7 nitrogen and oxygen atoms in total. The van der Waals surface area contributed by atoms with E-state index in [-0.39, 0.29) is 10.7 Å². The molecular formula is C13H17N5O2S. The first-order valence-electron chi connectivity index (χ1n) is 6.18. The fraction of sp³-hybridized carbons (Fsp3) is 0.231. The van der Waals surface area contributed by atoms with Gasteiger partial charge in [0.25, 0.3) is 0 Å². The first-order chi connectivity index (χ1) is 9.77. The number of primary sulfonamides is 1. The summed E-state index contributed by atoms with van der Waals surface area (Å²) in [5.41, 5.74) is 1.77. The Kier molecular flexibility index (Phi) is 4.10. The monoisotopic (exact) mass is 307 g/mol. The number of benzene rings is 1. The third kappa shape index (κ3) is 3.67. The lowest BCUT2D eigenvalue weighted by molar-refractivity contribution is 0.597. The van der Waals surface area contributed by atoms with Crippen LogP contribution in [0.4, 0.5) is 17.5 Å². The summed E-state index contributed by atoms with van der Waals surface area (Å²) in [5.74, 6) is 0.541. The van der Waals surface area contributed by atoms with Crippen LogP contribution in [0.25, 0.3) is 0 Å². The van der Waals surface area contributed by atoms with E-state index in [1.165, 1.54) is 6.20 Å². The quantitative estimate of drug-likeness (QED) is 0.881. The Balaban J connectivity index is 2.51. The fourth-order valence-electron chi connectivity index (χ4n) is 1.73. The van der Waals surface area contributed by atoms with Gasteiger partial charge in [-0.3, -0.25) is 0 Å². The van der Waals surface area contributed by atoms with E-state index in [0.717, 1.165) is 11.3 Å². The van der Waals surface area contributed by atoms with E-state index in [1.807, 2.05) is 31.2 Å². The molecule has 0 unspecified atom stereocenters. The molecule has 0 bridgehead atoms. The molecule has 21 heavy (non-hydrogen) atoms. The minimum Gasteiger partial charge on any atom is -0.347 e. The van der Waals surface area contributed by atoms with Crippen LogP contribution in [-0.2, 0) is 10.0 Å². The lowest BCUT2D eigenvalue weighted by Crippen LogP contribution is -2.18. The molecule has 1 aromatic carbocycles. The number of nitrogens with zero attached hydrogens (tertiary/aromatic N) is 3. The van der Waals surface area contributed by atoms with E-state index in [1.54, 1.807) is 19.0 Å². The van der Waals surface area contributed by atoms with E-state index in [9.17, 15) is 8.42 Å². The van der Waals surface area contributed by atoms with Crippen molar-refractivity contribution in [3.63, 3.8) is 0 Å². The van der Waals surface area contributed by atoms with Gasteiger partial charge in [0.15, 0.2) is 5.82 Å². The highest BCUT2D eigenvalue weighted by molar-refractivity contribution is 7.89. The first-order valence-corrected chi connectivity index (χ1v) is 7.73. The number of aromatic nitrogens is 2. The maximum Gasteiger partial charge on any atom is 0.243 e. The molecule has 8 heteroatoms. The summed E-state index contributed by atoms with van der Waals surface area (Å²) < 4.78 is 23.3. The minimum atomic E-state index is -3.91. The van der Waals surface area contributed by atoms with Crippen LogP contribution in [0.5, 0.6) is 0 Å². The molecule has 1 heterocycles. The Morgan fingerprint density at radius 3 is 2.57 bits per heavy atom. The molecule has 0 spiro atoms. The molecule has 0 saturated heterocycles. The average molecular weight is 307 g/mol. The smallest absolute Gasteiger partial charge is 0.243 e. The van der Waals surface area contributed by atoms with Gasteiger partial charge >= 0.3 is 0 Å². The van der Waals surface area contributed by atoms with Crippen molar-refractivity contribution in [2.75, 3.05) is 24.3 Å². The second kappa shape index (κ2) is 5.66. The van der Waals surface area contributed by atoms with Crippen molar-refractivity contribution in [3.05, 3.63) is 36.0 Å². The van der Waals surface area contributed by atoms with Crippen molar-refractivity contribution < 1.29 is 8.42 Å². The summed E-state index contributed by atoms with van der Waals surface area (Å²) in [6, 6.07) is 7.50. The summed E-state index contributed by atoms with van der Waals surface area (Å²) in [6.45, 7) is 1.94. The first kappa shape index (κ1) is 15.2. The molecule has 0 radical (unpaired) electrons. The summed E-state index contributed by atoms with van der Waals surface area (Å²) in [5, 5.41) is 8.18. The van der Waals surface area contributed by atoms with Gasteiger partial charge in [-0.05, 0) is 24.6 Å². The Hall–Kier alpha value is -2.19. The predicted molar refractivity (Wildman–Crippen MR) is 82.2 cm³/mol. The van der Waals surface area contributed by atoms with Crippen LogP contribution in [0.15, 0.2) is 35.4 Å². The van der Waals surface area contributed by atoms with Gasteiger partial charge in [0, 0.05) is 19.8 Å². The normalized spacial score (nSPS) is 11.2. The van der Waals surface area contributed by atoms with Crippen LogP contribution >= 0.6 is 0 Å². The maximum absolute atomic E-state index is 11.6. The number of hydrogen-bond donors (Lipinski definition) is 2. The van der Waals surface area contributed by atoms with Gasteiger partial charge in [-0.25, -0.2) is 18.5 Å². The van der Waals surface area contributed by atoms with Gasteiger partial charge in [0.05, 0.1) is 6.20 Å². The SMILES string of the molecule is Cc1cccc(Nc2nc(N(C)C)ncc2S(N)(=O)=O)c1. The topological polar surface area (TPSA) is 101 Å². The lowest BCUT2D eigenvalue weighted by Gasteiger charge is -2.14. The average Bonchev–Trinajstić information content (AvgIpc) is 2.37. The fourth-order valence-corrected chi connectivity index (χ4v) is 2.30. The van der Waals surface area contributed by atoms with Crippen LogP contribution in [0.2, 0.25) is 0 Å². The second-order valence-electron chi connectivity index (χ2n) is 4.82.